The highest BCUT2D eigenvalue weighted by atomic mass is 16.4. The normalized spacial score (nSPS) is 20.0. The molecule has 2 amide bonds. The number of carbonyl (C=O) groups excluding carboxylic acids is 1. The van der Waals surface area contributed by atoms with Gasteiger partial charge in [0, 0.05) is 13.1 Å². The van der Waals surface area contributed by atoms with E-state index in [4.69, 9.17) is 5.11 Å². The SMILES string of the molecule is C=CCCNC(=O)C1CCCN1C(=O)O. The smallest absolute Gasteiger partial charge is 0.407 e. The maximum absolute atomic E-state index is 11.6. The van der Waals surface area contributed by atoms with E-state index >= 15 is 0 Å². The number of nitrogens with zero attached hydrogens (tertiary/aromatic N) is 1. The van der Waals surface area contributed by atoms with E-state index in [-0.39, 0.29) is 5.91 Å². The number of rotatable bonds is 4. The van der Waals surface area contributed by atoms with Crippen molar-refractivity contribution in [3.8, 4) is 0 Å². The zero-order valence-corrected chi connectivity index (χ0v) is 8.61. The number of hydrogen-bond donors (Lipinski definition) is 2. The van der Waals surface area contributed by atoms with E-state index < -0.39 is 12.1 Å². The highest BCUT2D eigenvalue weighted by Gasteiger charge is 2.33. The molecule has 1 atom stereocenters. The van der Waals surface area contributed by atoms with Crippen LogP contribution in [0.3, 0.4) is 0 Å². The minimum absolute atomic E-state index is 0.197. The Morgan fingerprint density at radius 3 is 2.93 bits per heavy atom. The van der Waals surface area contributed by atoms with Gasteiger partial charge >= 0.3 is 6.09 Å². The van der Waals surface area contributed by atoms with Crippen LogP contribution in [0, 0.1) is 0 Å². The molecule has 0 saturated carbocycles. The van der Waals surface area contributed by atoms with Crippen molar-refractivity contribution < 1.29 is 14.7 Å². The van der Waals surface area contributed by atoms with Gasteiger partial charge in [0.25, 0.3) is 0 Å². The molecule has 15 heavy (non-hydrogen) atoms. The Morgan fingerprint density at radius 2 is 2.33 bits per heavy atom. The van der Waals surface area contributed by atoms with Gasteiger partial charge in [-0.05, 0) is 19.3 Å². The van der Waals surface area contributed by atoms with Gasteiger partial charge in [-0.2, -0.15) is 0 Å². The van der Waals surface area contributed by atoms with Gasteiger partial charge in [-0.15, -0.1) is 6.58 Å². The van der Waals surface area contributed by atoms with Gasteiger partial charge in [0.1, 0.15) is 6.04 Å². The number of carboxylic acid groups (broad SMARTS) is 1. The number of amides is 2. The molecule has 1 rings (SSSR count). The average Bonchev–Trinajstić information content (AvgIpc) is 2.66. The number of hydrogen-bond acceptors (Lipinski definition) is 2. The summed E-state index contributed by atoms with van der Waals surface area (Å²) >= 11 is 0. The number of nitrogens with one attached hydrogen (secondary N) is 1. The van der Waals surface area contributed by atoms with E-state index in [1.807, 2.05) is 0 Å². The van der Waals surface area contributed by atoms with Crippen LogP contribution in [0.2, 0.25) is 0 Å². The molecule has 1 unspecified atom stereocenters. The third-order valence-corrected chi connectivity index (χ3v) is 2.45. The molecule has 1 heterocycles. The van der Waals surface area contributed by atoms with Gasteiger partial charge < -0.3 is 10.4 Å². The van der Waals surface area contributed by atoms with Crippen molar-refractivity contribution in [2.45, 2.75) is 25.3 Å². The van der Waals surface area contributed by atoms with Gasteiger partial charge in [-0.25, -0.2) is 4.79 Å². The van der Waals surface area contributed by atoms with Crippen LogP contribution >= 0.6 is 0 Å². The maximum atomic E-state index is 11.6. The highest BCUT2D eigenvalue weighted by Crippen LogP contribution is 2.17. The molecule has 5 heteroatoms. The first kappa shape index (κ1) is 11.6. The summed E-state index contributed by atoms with van der Waals surface area (Å²) in [6.07, 6.45) is 2.77. The second-order valence-corrected chi connectivity index (χ2v) is 3.50. The molecule has 1 saturated heterocycles. The molecule has 0 spiro atoms. The third kappa shape index (κ3) is 2.97. The molecule has 0 aromatic heterocycles. The van der Waals surface area contributed by atoms with Crippen molar-refractivity contribution >= 4 is 12.0 Å². The molecule has 1 fully saturated rings. The molecule has 1 aliphatic heterocycles. The van der Waals surface area contributed by atoms with Crippen LogP contribution in [0.1, 0.15) is 19.3 Å². The van der Waals surface area contributed by atoms with Crippen LogP contribution in [0.15, 0.2) is 12.7 Å². The fourth-order valence-corrected chi connectivity index (χ4v) is 1.68. The Bertz CT molecular complexity index is 265. The maximum Gasteiger partial charge on any atom is 0.407 e. The number of carbonyl (C=O) groups is 2. The minimum Gasteiger partial charge on any atom is -0.465 e. The van der Waals surface area contributed by atoms with Crippen molar-refractivity contribution in [3.63, 3.8) is 0 Å². The van der Waals surface area contributed by atoms with E-state index in [1.165, 1.54) is 4.90 Å². The highest BCUT2D eigenvalue weighted by molar-refractivity contribution is 5.85. The predicted molar refractivity (Wildman–Crippen MR) is 55.6 cm³/mol. The molecule has 0 bridgehead atoms. The van der Waals surface area contributed by atoms with Gasteiger partial charge in [-0.1, -0.05) is 6.08 Å². The van der Waals surface area contributed by atoms with Gasteiger partial charge in [-0.3, -0.25) is 9.69 Å². The molecule has 0 aromatic carbocycles. The quantitative estimate of drug-likeness (QED) is 0.535. The lowest BCUT2D eigenvalue weighted by molar-refractivity contribution is -0.124. The van der Waals surface area contributed by atoms with E-state index in [0.717, 1.165) is 6.42 Å². The van der Waals surface area contributed by atoms with Crippen LogP contribution in [0.5, 0.6) is 0 Å². The van der Waals surface area contributed by atoms with E-state index in [1.54, 1.807) is 6.08 Å². The van der Waals surface area contributed by atoms with E-state index in [2.05, 4.69) is 11.9 Å². The predicted octanol–water partition coefficient (Wildman–Crippen LogP) is 0.821. The van der Waals surface area contributed by atoms with Crippen LogP contribution in [-0.4, -0.2) is 41.1 Å². The van der Waals surface area contributed by atoms with Crippen LogP contribution < -0.4 is 5.32 Å². The first-order valence-corrected chi connectivity index (χ1v) is 5.05. The summed E-state index contributed by atoms with van der Waals surface area (Å²) in [4.78, 5) is 23.6. The van der Waals surface area contributed by atoms with Crippen LogP contribution in [-0.2, 0) is 4.79 Å². The van der Waals surface area contributed by atoms with Crippen molar-refractivity contribution in [2.75, 3.05) is 13.1 Å². The van der Waals surface area contributed by atoms with Gasteiger partial charge in [0.05, 0.1) is 0 Å². The van der Waals surface area contributed by atoms with Crippen LogP contribution in [0.25, 0.3) is 0 Å². The standard InChI is InChI=1S/C10H16N2O3/c1-2-3-6-11-9(13)8-5-4-7-12(8)10(14)15/h2,8H,1,3-7H2,(H,11,13)(H,14,15). The molecule has 84 valence electrons. The van der Waals surface area contributed by atoms with E-state index in [9.17, 15) is 9.59 Å². The number of likely N-dealkylation sites (tertiary alicyclic amines) is 1. The van der Waals surface area contributed by atoms with Crippen molar-refractivity contribution in [1.82, 2.24) is 10.2 Å². The third-order valence-electron chi connectivity index (χ3n) is 2.45. The molecule has 1 aliphatic rings. The summed E-state index contributed by atoms with van der Waals surface area (Å²) in [6, 6.07) is -0.507. The van der Waals surface area contributed by atoms with Crippen molar-refractivity contribution in [2.24, 2.45) is 0 Å². The monoisotopic (exact) mass is 212 g/mol. The minimum atomic E-state index is -1.02. The Balaban J connectivity index is 2.43. The topological polar surface area (TPSA) is 69.6 Å². The van der Waals surface area contributed by atoms with Gasteiger partial charge in [0.15, 0.2) is 0 Å². The summed E-state index contributed by atoms with van der Waals surface area (Å²) < 4.78 is 0. The van der Waals surface area contributed by atoms with E-state index in [0.29, 0.717) is 25.9 Å². The molecule has 0 aromatic rings. The summed E-state index contributed by atoms with van der Waals surface area (Å²) in [6.45, 7) is 4.52. The molecule has 2 N–H and O–H groups in total. The Morgan fingerprint density at radius 1 is 1.60 bits per heavy atom. The Hall–Kier alpha value is -1.52. The first-order valence-electron chi connectivity index (χ1n) is 5.05. The summed E-state index contributed by atoms with van der Waals surface area (Å²) in [5.41, 5.74) is 0. The largest absolute Gasteiger partial charge is 0.465 e. The fourth-order valence-electron chi connectivity index (χ4n) is 1.68. The second kappa shape index (κ2) is 5.38. The van der Waals surface area contributed by atoms with Crippen molar-refractivity contribution in [3.05, 3.63) is 12.7 Å². The Kier molecular flexibility index (Phi) is 4.15. The lowest BCUT2D eigenvalue weighted by atomic mass is 10.2. The summed E-state index contributed by atoms with van der Waals surface area (Å²) in [7, 11) is 0. The second-order valence-electron chi connectivity index (χ2n) is 3.50. The van der Waals surface area contributed by atoms with Crippen molar-refractivity contribution in [1.29, 1.82) is 0 Å². The van der Waals surface area contributed by atoms with Crippen LogP contribution in [0.4, 0.5) is 4.79 Å². The molecule has 5 nitrogen and oxygen atoms in total. The summed E-state index contributed by atoms with van der Waals surface area (Å²) in [5, 5.41) is 11.5. The summed E-state index contributed by atoms with van der Waals surface area (Å²) in [5.74, 6) is -0.197. The zero-order valence-electron chi connectivity index (χ0n) is 8.61. The Labute approximate surface area is 88.8 Å². The van der Waals surface area contributed by atoms with Gasteiger partial charge in [0.2, 0.25) is 5.91 Å². The lowest BCUT2D eigenvalue weighted by Gasteiger charge is -2.20. The molecular weight excluding hydrogens is 196 g/mol. The first-order chi connectivity index (χ1) is 7.16. The average molecular weight is 212 g/mol. The molecule has 0 radical (unpaired) electrons. The fraction of sp³-hybridized carbons (Fsp3) is 0.600. The lowest BCUT2D eigenvalue weighted by Crippen LogP contribution is -2.45. The molecule has 0 aliphatic carbocycles. The molecular formula is C10H16N2O3. The zero-order chi connectivity index (χ0) is 11.3.